The van der Waals surface area contributed by atoms with Crippen LogP contribution in [0.5, 0.6) is 0 Å². The lowest BCUT2D eigenvalue weighted by Crippen LogP contribution is -2.48. The monoisotopic (exact) mass is 432 g/mol. The smallest absolute Gasteiger partial charge is 0.272 e. The molecule has 4 aromatic rings. The SMILES string of the molecule is O=C(c1ccc2ccccc2n1)N1CCN(Cc2csc(-c3ccc(F)cc3)n2)CC1. The fourth-order valence-corrected chi connectivity index (χ4v) is 4.61. The lowest BCUT2D eigenvalue weighted by molar-refractivity contribution is 0.0622. The first-order valence-electron chi connectivity index (χ1n) is 10.2. The number of piperazine rings is 1. The summed E-state index contributed by atoms with van der Waals surface area (Å²) >= 11 is 1.57. The van der Waals surface area contributed by atoms with Crippen molar-refractivity contribution in [2.75, 3.05) is 26.2 Å². The van der Waals surface area contributed by atoms with Gasteiger partial charge in [-0.15, -0.1) is 11.3 Å². The molecule has 2 aromatic heterocycles. The van der Waals surface area contributed by atoms with E-state index in [0.29, 0.717) is 18.8 Å². The van der Waals surface area contributed by atoms with Gasteiger partial charge in [0, 0.05) is 49.1 Å². The van der Waals surface area contributed by atoms with Crippen LogP contribution in [-0.2, 0) is 6.54 Å². The van der Waals surface area contributed by atoms with Crippen molar-refractivity contribution in [1.82, 2.24) is 19.8 Å². The van der Waals surface area contributed by atoms with E-state index in [1.807, 2.05) is 41.3 Å². The van der Waals surface area contributed by atoms with E-state index in [9.17, 15) is 9.18 Å². The van der Waals surface area contributed by atoms with E-state index < -0.39 is 0 Å². The van der Waals surface area contributed by atoms with E-state index in [-0.39, 0.29) is 11.7 Å². The van der Waals surface area contributed by atoms with Crippen molar-refractivity contribution >= 4 is 28.1 Å². The molecule has 1 fully saturated rings. The Bertz CT molecular complexity index is 1220. The number of fused-ring (bicyclic) bond motifs is 1. The van der Waals surface area contributed by atoms with Crippen LogP contribution in [0.4, 0.5) is 4.39 Å². The Kier molecular flexibility index (Phi) is 5.44. The number of thiazole rings is 1. The Morgan fingerprint density at radius 2 is 1.71 bits per heavy atom. The second-order valence-electron chi connectivity index (χ2n) is 7.61. The molecule has 7 heteroatoms. The second-order valence-corrected chi connectivity index (χ2v) is 8.47. The van der Waals surface area contributed by atoms with Gasteiger partial charge < -0.3 is 4.90 Å². The molecule has 0 atom stereocenters. The second kappa shape index (κ2) is 8.53. The first kappa shape index (κ1) is 19.8. The van der Waals surface area contributed by atoms with Gasteiger partial charge in [0.2, 0.25) is 0 Å². The van der Waals surface area contributed by atoms with Crippen molar-refractivity contribution in [2.24, 2.45) is 0 Å². The highest BCUT2D eigenvalue weighted by molar-refractivity contribution is 7.13. The standard InChI is InChI=1S/C24H21FN4OS/c25-19-8-5-18(6-9-19)23-26-20(16-31-23)15-28-11-13-29(14-12-28)24(30)22-10-7-17-3-1-2-4-21(17)27-22/h1-10,16H,11-15H2. The van der Waals surface area contributed by atoms with Crippen molar-refractivity contribution in [1.29, 1.82) is 0 Å². The highest BCUT2D eigenvalue weighted by Gasteiger charge is 2.23. The number of pyridine rings is 1. The summed E-state index contributed by atoms with van der Waals surface area (Å²) in [6, 6.07) is 18.0. The van der Waals surface area contributed by atoms with Crippen LogP contribution in [-0.4, -0.2) is 51.9 Å². The Morgan fingerprint density at radius 1 is 0.935 bits per heavy atom. The van der Waals surface area contributed by atoms with Crippen LogP contribution in [0.2, 0.25) is 0 Å². The zero-order valence-electron chi connectivity index (χ0n) is 16.9. The molecule has 1 amide bonds. The van der Waals surface area contributed by atoms with Crippen molar-refractivity contribution < 1.29 is 9.18 Å². The molecule has 0 spiro atoms. The average molecular weight is 433 g/mol. The van der Waals surface area contributed by atoms with E-state index in [1.165, 1.54) is 12.1 Å². The molecule has 1 aliphatic heterocycles. The number of para-hydroxylation sites is 1. The predicted molar refractivity (Wildman–Crippen MR) is 120 cm³/mol. The van der Waals surface area contributed by atoms with E-state index in [4.69, 9.17) is 4.98 Å². The molecule has 3 heterocycles. The number of aromatic nitrogens is 2. The van der Waals surface area contributed by atoms with Crippen LogP contribution in [0.25, 0.3) is 21.5 Å². The molecule has 0 unspecified atom stereocenters. The number of carbonyl (C=O) groups excluding carboxylic acids is 1. The number of benzene rings is 2. The van der Waals surface area contributed by atoms with Gasteiger partial charge in [-0.2, -0.15) is 0 Å². The molecule has 5 rings (SSSR count). The van der Waals surface area contributed by atoms with Gasteiger partial charge in [-0.25, -0.2) is 14.4 Å². The van der Waals surface area contributed by atoms with Gasteiger partial charge in [-0.3, -0.25) is 9.69 Å². The Balaban J connectivity index is 1.19. The van der Waals surface area contributed by atoms with Gasteiger partial charge >= 0.3 is 0 Å². The summed E-state index contributed by atoms with van der Waals surface area (Å²) in [4.78, 5) is 26.3. The van der Waals surface area contributed by atoms with Crippen LogP contribution in [0.15, 0.2) is 66.0 Å². The van der Waals surface area contributed by atoms with Gasteiger partial charge in [-0.1, -0.05) is 24.3 Å². The van der Waals surface area contributed by atoms with Crippen LogP contribution < -0.4 is 0 Å². The summed E-state index contributed by atoms with van der Waals surface area (Å²) in [5.41, 5.74) is 3.26. The van der Waals surface area contributed by atoms with Gasteiger partial charge in [0.05, 0.1) is 11.2 Å². The zero-order valence-corrected chi connectivity index (χ0v) is 17.7. The highest BCUT2D eigenvalue weighted by atomic mass is 32.1. The van der Waals surface area contributed by atoms with E-state index >= 15 is 0 Å². The number of hydrogen-bond donors (Lipinski definition) is 0. The topological polar surface area (TPSA) is 49.3 Å². The average Bonchev–Trinajstić information content (AvgIpc) is 3.27. The maximum atomic E-state index is 13.1. The Morgan fingerprint density at radius 3 is 2.52 bits per heavy atom. The van der Waals surface area contributed by atoms with Crippen molar-refractivity contribution in [2.45, 2.75) is 6.54 Å². The number of hydrogen-bond acceptors (Lipinski definition) is 5. The zero-order chi connectivity index (χ0) is 21.2. The summed E-state index contributed by atoms with van der Waals surface area (Å²) in [5.74, 6) is -0.260. The van der Waals surface area contributed by atoms with Crippen molar-refractivity contribution in [3.8, 4) is 10.6 Å². The molecular weight excluding hydrogens is 411 g/mol. The van der Waals surface area contributed by atoms with E-state index in [2.05, 4.69) is 15.3 Å². The largest absolute Gasteiger partial charge is 0.335 e. The molecule has 0 radical (unpaired) electrons. The molecule has 1 aliphatic rings. The lowest BCUT2D eigenvalue weighted by atomic mass is 10.2. The molecule has 156 valence electrons. The summed E-state index contributed by atoms with van der Waals surface area (Å²) in [5, 5.41) is 3.98. The highest BCUT2D eigenvalue weighted by Crippen LogP contribution is 2.25. The van der Waals surface area contributed by atoms with E-state index in [1.54, 1.807) is 23.5 Å². The minimum absolute atomic E-state index is 0.0161. The molecule has 0 aliphatic carbocycles. The number of halogens is 1. The fourth-order valence-electron chi connectivity index (χ4n) is 3.79. The third kappa shape index (κ3) is 4.33. The molecule has 0 N–H and O–H groups in total. The predicted octanol–water partition coefficient (Wildman–Crippen LogP) is 4.46. The lowest BCUT2D eigenvalue weighted by Gasteiger charge is -2.34. The number of amides is 1. The molecule has 1 saturated heterocycles. The first-order valence-corrected chi connectivity index (χ1v) is 11.1. The number of carbonyl (C=O) groups is 1. The van der Waals surface area contributed by atoms with Crippen LogP contribution in [0, 0.1) is 5.82 Å². The number of nitrogens with zero attached hydrogens (tertiary/aromatic N) is 4. The normalized spacial score (nSPS) is 14.8. The van der Waals surface area contributed by atoms with Crippen LogP contribution in [0.1, 0.15) is 16.2 Å². The molecule has 31 heavy (non-hydrogen) atoms. The van der Waals surface area contributed by atoms with Gasteiger partial charge in [0.15, 0.2) is 0 Å². The first-order chi connectivity index (χ1) is 15.2. The maximum absolute atomic E-state index is 13.1. The summed E-state index contributed by atoms with van der Waals surface area (Å²) in [7, 11) is 0. The Hall–Kier alpha value is -3.16. The molecule has 5 nitrogen and oxygen atoms in total. The summed E-state index contributed by atoms with van der Waals surface area (Å²) in [6.07, 6.45) is 0. The maximum Gasteiger partial charge on any atom is 0.272 e. The quantitative estimate of drug-likeness (QED) is 0.478. The minimum Gasteiger partial charge on any atom is -0.335 e. The minimum atomic E-state index is -0.244. The fraction of sp³-hybridized carbons (Fsp3) is 0.208. The van der Waals surface area contributed by atoms with Gasteiger partial charge in [0.1, 0.15) is 16.5 Å². The van der Waals surface area contributed by atoms with Crippen molar-refractivity contribution in [3.05, 3.63) is 83.2 Å². The summed E-state index contributed by atoms with van der Waals surface area (Å²) < 4.78 is 13.1. The molecular formula is C24H21FN4OS. The van der Waals surface area contributed by atoms with E-state index in [0.717, 1.165) is 46.8 Å². The third-order valence-corrected chi connectivity index (χ3v) is 6.45. The van der Waals surface area contributed by atoms with Crippen molar-refractivity contribution in [3.63, 3.8) is 0 Å². The van der Waals surface area contributed by atoms with Crippen LogP contribution >= 0.6 is 11.3 Å². The Labute approximate surface area is 183 Å². The van der Waals surface area contributed by atoms with Crippen LogP contribution in [0.3, 0.4) is 0 Å². The molecule has 0 saturated carbocycles. The molecule has 0 bridgehead atoms. The summed E-state index contributed by atoms with van der Waals surface area (Å²) in [6.45, 7) is 3.67. The number of rotatable bonds is 4. The molecule has 2 aromatic carbocycles. The van der Waals surface area contributed by atoms with Gasteiger partial charge in [0.25, 0.3) is 5.91 Å². The third-order valence-electron chi connectivity index (χ3n) is 5.51. The van der Waals surface area contributed by atoms with Gasteiger partial charge in [-0.05, 0) is 36.4 Å².